The van der Waals surface area contributed by atoms with Crippen molar-refractivity contribution in [3.8, 4) is 0 Å². The van der Waals surface area contributed by atoms with Crippen LogP contribution in [0.1, 0.15) is 29.8 Å². The fourth-order valence-corrected chi connectivity index (χ4v) is 2.57. The molecule has 2 aromatic carbocycles. The summed E-state index contributed by atoms with van der Waals surface area (Å²) in [5, 5.41) is 5.76. The first kappa shape index (κ1) is 18.9. The van der Waals surface area contributed by atoms with E-state index >= 15 is 0 Å². The third kappa shape index (κ3) is 5.29. The van der Waals surface area contributed by atoms with Gasteiger partial charge in [-0.05, 0) is 35.7 Å². The van der Waals surface area contributed by atoms with Crippen LogP contribution in [0.4, 0.5) is 4.39 Å². The molecule has 0 aliphatic carbocycles. The van der Waals surface area contributed by atoms with Gasteiger partial charge in [-0.25, -0.2) is 4.39 Å². The summed E-state index contributed by atoms with van der Waals surface area (Å²) >= 11 is 6.02. The highest BCUT2D eigenvalue weighted by atomic mass is 35.5. The van der Waals surface area contributed by atoms with Gasteiger partial charge in [-0.1, -0.05) is 49.7 Å². The molecule has 4 nitrogen and oxygen atoms in total. The molecule has 1 unspecified atom stereocenters. The maximum absolute atomic E-state index is 13.2. The highest BCUT2D eigenvalue weighted by Crippen LogP contribution is 2.15. The molecule has 0 aliphatic rings. The third-order valence-corrected chi connectivity index (χ3v) is 4.04. The van der Waals surface area contributed by atoms with E-state index in [0.29, 0.717) is 16.1 Å². The largest absolute Gasteiger partial charge is 0.350 e. The number of amides is 2. The van der Waals surface area contributed by atoms with E-state index in [9.17, 15) is 14.0 Å². The van der Waals surface area contributed by atoms with Crippen molar-refractivity contribution in [1.29, 1.82) is 0 Å². The lowest BCUT2D eigenvalue weighted by Crippen LogP contribution is -2.49. The van der Waals surface area contributed by atoms with Crippen LogP contribution in [0.5, 0.6) is 0 Å². The molecule has 0 spiro atoms. The van der Waals surface area contributed by atoms with Crippen LogP contribution in [-0.2, 0) is 11.3 Å². The summed E-state index contributed by atoms with van der Waals surface area (Å²) in [5.74, 6) is -1.23. The number of hydrogen-bond donors (Lipinski definition) is 2. The second-order valence-electron chi connectivity index (χ2n) is 6.02. The lowest BCUT2D eigenvalue weighted by molar-refractivity contribution is -0.124. The molecule has 2 N–H and O–H groups in total. The normalized spacial score (nSPS) is 11.9. The second kappa shape index (κ2) is 8.62. The zero-order valence-electron chi connectivity index (χ0n) is 14.1. The minimum atomic E-state index is -0.725. The van der Waals surface area contributed by atoms with E-state index in [1.165, 1.54) is 12.1 Å². The molecule has 0 fully saturated rings. The summed E-state index contributed by atoms with van der Waals surface area (Å²) in [5.41, 5.74) is 0.959. The van der Waals surface area contributed by atoms with Gasteiger partial charge < -0.3 is 10.6 Å². The molecule has 2 rings (SSSR count). The third-order valence-electron chi connectivity index (χ3n) is 3.71. The molecule has 0 saturated carbocycles. The highest BCUT2D eigenvalue weighted by Gasteiger charge is 2.25. The van der Waals surface area contributed by atoms with Gasteiger partial charge in [0.1, 0.15) is 11.9 Å². The summed E-state index contributed by atoms with van der Waals surface area (Å²) in [4.78, 5) is 24.8. The molecule has 2 aromatic rings. The van der Waals surface area contributed by atoms with Gasteiger partial charge in [0, 0.05) is 6.54 Å². The van der Waals surface area contributed by atoms with Crippen LogP contribution in [0.15, 0.2) is 48.5 Å². The zero-order chi connectivity index (χ0) is 18.4. The molecule has 2 amide bonds. The molecular formula is C19H20ClFN2O2. The van der Waals surface area contributed by atoms with Gasteiger partial charge in [-0.2, -0.15) is 0 Å². The lowest BCUT2D eigenvalue weighted by Gasteiger charge is -2.22. The molecule has 0 aliphatic heterocycles. The smallest absolute Gasteiger partial charge is 0.253 e. The minimum absolute atomic E-state index is 0.126. The minimum Gasteiger partial charge on any atom is -0.350 e. The van der Waals surface area contributed by atoms with Gasteiger partial charge in [0.15, 0.2) is 0 Å². The van der Waals surface area contributed by atoms with Crippen LogP contribution in [0.3, 0.4) is 0 Å². The first-order valence-electron chi connectivity index (χ1n) is 7.96. The molecule has 6 heteroatoms. The summed E-state index contributed by atoms with van der Waals surface area (Å²) < 4.78 is 13.2. The lowest BCUT2D eigenvalue weighted by atomic mass is 10.0. The molecule has 0 radical (unpaired) electrons. The van der Waals surface area contributed by atoms with Crippen molar-refractivity contribution < 1.29 is 14.0 Å². The Kier molecular flexibility index (Phi) is 6.53. The van der Waals surface area contributed by atoms with Crippen LogP contribution in [0.25, 0.3) is 0 Å². The van der Waals surface area contributed by atoms with Crippen molar-refractivity contribution in [2.24, 2.45) is 5.92 Å². The van der Waals surface area contributed by atoms with Crippen molar-refractivity contribution in [2.75, 3.05) is 0 Å². The Labute approximate surface area is 151 Å². The molecule has 25 heavy (non-hydrogen) atoms. The average Bonchev–Trinajstić information content (AvgIpc) is 2.57. The zero-order valence-corrected chi connectivity index (χ0v) is 14.8. The van der Waals surface area contributed by atoms with Crippen molar-refractivity contribution in [3.63, 3.8) is 0 Å². The molecule has 0 aromatic heterocycles. The van der Waals surface area contributed by atoms with Crippen molar-refractivity contribution >= 4 is 23.4 Å². The number of carbonyl (C=O) groups excluding carboxylic acids is 2. The number of benzene rings is 2. The van der Waals surface area contributed by atoms with Gasteiger partial charge in [-0.3, -0.25) is 9.59 Å². The van der Waals surface area contributed by atoms with Crippen molar-refractivity contribution in [2.45, 2.75) is 26.4 Å². The Balaban J connectivity index is 2.03. The fraction of sp³-hybridized carbons (Fsp3) is 0.263. The van der Waals surface area contributed by atoms with Gasteiger partial charge in [0.25, 0.3) is 5.91 Å². The standard InChI is InChI=1S/C19H20ClFN2O2/c1-12(2)17(23-18(24)15-8-3-4-9-16(15)20)19(25)22-11-13-6-5-7-14(21)10-13/h3-10,12,17H,11H2,1-2H3,(H,22,25)(H,23,24). The SMILES string of the molecule is CC(C)C(NC(=O)c1ccccc1Cl)C(=O)NCc1cccc(F)c1. The number of carbonyl (C=O) groups is 2. The summed E-state index contributed by atoms with van der Waals surface area (Å²) in [6.45, 7) is 3.85. The summed E-state index contributed by atoms with van der Waals surface area (Å²) in [6, 6.07) is 11.9. The van der Waals surface area contributed by atoms with E-state index in [-0.39, 0.29) is 24.2 Å². The number of hydrogen-bond acceptors (Lipinski definition) is 2. The van der Waals surface area contributed by atoms with Crippen LogP contribution >= 0.6 is 11.6 Å². The van der Waals surface area contributed by atoms with Gasteiger partial charge >= 0.3 is 0 Å². The first-order valence-corrected chi connectivity index (χ1v) is 8.34. The molecular weight excluding hydrogens is 343 g/mol. The molecule has 132 valence electrons. The van der Waals surface area contributed by atoms with E-state index in [1.54, 1.807) is 36.4 Å². The topological polar surface area (TPSA) is 58.2 Å². The van der Waals surface area contributed by atoms with E-state index in [1.807, 2.05) is 13.8 Å². The van der Waals surface area contributed by atoms with Crippen molar-refractivity contribution in [1.82, 2.24) is 10.6 Å². The van der Waals surface area contributed by atoms with Gasteiger partial charge in [-0.15, -0.1) is 0 Å². The molecule has 0 bridgehead atoms. The van der Waals surface area contributed by atoms with Crippen LogP contribution in [0.2, 0.25) is 5.02 Å². The van der Waals surface area contributed by atoms with Gasteiger partial charge in [0.05, 0.1) is 10.6 Å². The predicted molar refractivity (Wildman–Crippen MR) is 95.8 cm³/mol. The Morgan fingerprint density at radius 1 is 1.12 bits per heavy atom. The Morgan fingerprint density at radius 2 is 1.84 bits per heavy atom. The van der Waals surface area contributed by atoms with E-state index in [2.05, 4.69) is 10.6 Å². The predicted octanol–water partition coefficient (Wildman–Crippen LogP) is 3.55. The Bertz CT molecular complexity index is 765. The maximum atomic E-state index is 13.2. The van der Waals surface area contributed by atoms with E-state index < -0.39 is 11.9 Å². The van der Waals surface area contributed by atoms with Gasteiger partial charge in [0.2, 0.25) is 5.91 Å². The van der Waals surface area contributed by atoms with Crippen LogP contribution in [-0.4, -0.2) is 17.9 Å². The van der Waals surface area contributed by atoms with E-state index in [4.69, 9.17) is 11.6 Å². The second-order valence-corrected chi connectivity index (χ2v) is 6.43. The fourth-order valence-electron chi connectivity index (χ4n) is 2.35. The quantitative estimate of drug-likeness (QED) is 0.825. The summed E-state index contributed by atoms with van der Waals surface area (Å²) in [6.07, 6.45) is 0. The van der Waals surface area contributed by atoms with Crippen LogP contribution in [0, 0.1) is 11.7 Å². The molecule has 0 saturated heterocycles. The monoisotopic (exact) mass is 362 g/mol. The first-order chi connectivity index (χ1) is 11.9. The maximum Gasteiger partial charge on any atom is 0.253 e. The highest BCUT2D eigenvalue weighted by molar-refractivity contribution is 6.33. The Hall–Kier alpha value is -2.40. The van der Waals surface area contributed by atoms with E-state index in [0.717, 1.165) is 0 Å². The molecule has 0 heterocycles. The average molecular weight is 363 g/mol. The summed E-state index contributed by atoms with van der Waals surface area (Å²) in [7, 11) is 0. The van der Waals surface area contributed by atoms with Crippen molar-refractivity contribution in [3.05, 3.63) is 70.5 Å². The van der Waals surface area contributed by atoms with Crippen LogP contribution < -0.4 is 10.6 Å². The number of rotatable bonds is 6. The number of halogens is 2. The number of nitrogens with one attached hydrogen (secondary N) is 2. The Morgan fingerprint density at radius 3 is 2.48 bits per heavy atom. The molecule has 1 atom stereocenters.